The van der Waals surface area contributed by atoms with E-state index in [1.54, 1.807) is 23.1 Å². The van der Waals surface area contributed by atoms with E-state index in [0.29, 0.717) is 17.7 Å². The predicted octanol–water partition coefficient (Wildman–Crippen LogP) is 2.80. The van der Waals surface area contributed by atoms with Crippen LogP contribution in [0.1, 0.15) is 44.6 Å². The fourth-order valence-electron chi connectivity index (χ4n) is 3.11. The van der Waals surface area contributed by atoms with Crippen LogP contribution in [0.4, 0.5) is 0 Å². The van der Waals surface area contributed by atoms with Crippen LogP contribution >= 0.6 is 0 Å². The number of Topliss-reactive ketones (excluding diaryl/α,β-unsaturated/α-hetero) is 1. The van der Waals surface area contributed by atoms with Gasteiger partial charge in [0.25, 0.3) is 0 Å². The summed E-state index contributed by atoms with van der Waals surface area (Å²) in [5.74, 6) is -0.709. The van der Waals surface area contributed by atoms with Gasteiger partial charge in [-0.1, -0.05) is 12.1 Å². The Morgan fingerprint density at radius 3 is 2.48 bits per heavy atom. The average molecular weight is 366 g/mol. The molecule has 7 nitrogen and oxygen atoms in total. The summed E-state index contributed by atoms with van der Waals surface area (Å²) in [6, 6.07) is 8.86. The number of aryl methyl sites for hydroxylation is 1. The minimum absolute atomic E-state index is 0.195. The van der Waals surface area contributed by atoms with Crippen LogP contribution in [-0.4, -0.2) is 37.7 Å². The molecule has 2 heterocycles. The van der Waals surface area contributed by atoms with Crippen LogP contribution in [0.3, 0.4) is 0 Å². The molecule has 0 aliphatic heterocycles. The number of hydrogen-bond donors (Lipinski definition) is 0. The summed E-state index contributed by atoms with van der Waals surface area (Å²) in [7, 11) is 0. The highest BCUT2D eigenvalue weighted by atomic mass is 16.5. The van der Waals surface area contributed by atoms with E-state index in [0.717, 1.165) is 23.5 Å². The third kappa shape index (κ3) is 4.13. The molecule has 0 aliphatic rings. The second-order valence-corrected chi connectivity index (χ2v) is 6.32. The second-order valence-electron chi connectivity index (χ2n) is 6.32. The van der Waals surface area contributed by atoms with Crippen molar-refractivity contribution in [3.05, 3.63) is 71.1 Å². The summed E-state index contributed by atoms with van der Waals surface area (Å²) < 4.78 is 8.95. The highest BCUT2D eigenvalue weighted by Gasteiger charge is 2.17. The van der Waals surface area contributed by atoms with E-state index >= 15 is 0 Å². The SMILES string of the molecule is CCn1c(C)cc(C(=O)COC(=O)c2ccc(Cn3cncn3)cc2)c1C. The van der Waals surface area contributed by atoms with Crippen LogP contribution in [0.25, 0.3) is 0 Å². The molecule has 0 unspecified atom stereocenters. The van der Waals surface area contributed by atoms with E-state index in [2.05, 4.69) is 14.6 Å². The van der Waals surface area contributed by atoms with Gasteiger partial charge in [0.05, 0.1) is 12.1 Å². The number of benzene rings is 1. The van der Waals surface area contributed by atoms with Gasteiger partial charge in [-0.25, -0.2) is 14.5 Å². The first-order chi connectivity index (χ1) is 13.0. The number of carbonyl (C=O) groups excluding carboxylic acids is 2. The average Bonchev–Trinajstić information content (AvgIpc) is 3.27. The first-order valence-electron chi connectivity index (χ1n) is 8.78. The lowest BCUT2D eigenvalue weighted by molar-refractivity contribution is 0.0474. The van der Waals surface area contributed by atoms with Crippen LogP contribution in [0.2, 0.25) is 0 Å². The fraction of sp³-hybridized carbons (Fsp3) is 0.300. The lowest BCUT2D eigenvalue weighted by atomic mass is 10.1. The lowest BCUT2D eigenvalue weighted by Crippen LogP contribution is -2.15. The zero-order valence-corrected chi connectivity index (χ0v) is 15.7. The van der Waals surface area contributed by atoms with Gasteiger partial charge in [0.1, 0.15) is 12.7 Å². The normalized spacial score (nSPS) is 10.8. The van der Waals surface area contributed by atoms with Crippen molar-refractivity contribution in [2.75, 3.05) is 6.61 Å². The molecule has 0 radical (unpaired) electrons. The van der Waals surface area contributed by atoms with Gasteiger partial charge in [-0.05, 0) is 44.5 Å². The second kappa shape index (κ2) is 7.99. The Morgan fingerprint density at radius 2 is 1.89 bits per heavy atom. The van der Waals surface area contributed by atoms with Crippen molar-refractivity contribution in [2.24, 2.45) is 0 Å². The van der Waals surface area contributed by atoms with Crippen molar-refractivity contribution < 1.29 is 14.3 Å². The molecule has 0 fully saturated rings. The standard InChI is InChI=1S/C20H22N4O3/c1-4-24-14(2)9-18(15(24)3)19(25)11-27-20(26)17-7-5-16(6-8-17)10-23-13-21-12-22-23/h5-9,12-13H,4,10-11H2,1-3H3. The maximum atomic E-state index is 12.4. The third-order valence-electron chi connectivity index (χ3n) is 4.53. The largest absolute Gasteiger partial charge is 0.454 e. The Balaban J connectivity index is 1.59. The smallest absolute Gasteiger partial charge is 0.338 e. The van der Waals surface area contributed by atoms with Gasteiger partial charge in [-0.3, -0.25) is 4.79 Å². The first-order valence-corrected chi connectivity index (χ1v) is 8.78. The van der Waals surface area contributed by atoms with E-state index < -0.39 is 5.97 Å². The first kappa shape index (κ1) is 18.6. The predicted molar refractivity (Wildman–Crippen MR) is 99.8 cm³/mol. The zero-order valence-electron chi connectivity index (χ0n) is 15.7. The molecule has 2 aromatic heterocycles. The molecule has 140 valence electrons. The van der Waals surface area contributed by atoms with Crippen LogP contribution in [0, 0.1) is 13.8 Å². The van der Waals surface area contributed by atoms with E-state index in [-0.39, 0.29) is 12.4 Å². The minimum atomic E-state index is -0.514. The van der Waals surface area contributed by atoms with Gasteiger partial charge < -0.3 is 9.30 Å². The summed E-state index contributed by atoms with van der Waals surface area (Å²) in [6.07, 6.45) is 3.10. The maximum Gasteiger partial charge on any atom is 0.338 e. The summed E-state index contributed by atoms with van der Waals surface area (Å²) in [6.45, 7) is 6.99. The molecular weight excluding hydrogens is 344 g/mol. The van der Waals surface area contributed by atoms with Crippen LogP contribution in [0.15, 0.2) is 43.0 Å². The topological polar surface area (TPSA) is 79.0 Å². The number of carbonyl (C=O) groups is 2. The number of esters is 1. The zero-order chi connectivity index (χ0) is 19.4. The molecule has 0 atom stereocenters. The van der Waals surface area contributed by atoms with Gasteiger partial charge in [0.15, 0.2) is 6.61 Å². The van der Waals surface area contributed by atoms with E-state index in [1.807, 2.05) is 39.0 Å². The monoisotopic (exact) mass is 366 g/mol. The van der Waals surface area contributed by atoms with E-state index in [1.165, 1.54) is 6.33 Å². The number of aromatic nitrogens is 4. The highest BCUT2D eigenvalue weighted by Crippen LogP contribution is 2.16. The Kier molecular flexibility index (Phi) is 5.49. The molecule has 0 amide bonds. The number of rotatable bonds is 7. The quantitative estimate of drug-likeness (QED) is 0.474. The van der Waals surface area contributed by atoms with Gasteiger partial charge in [0, 0.05) is 23.5 Å². The number of ketones is 1. The Labute approximate surface area is 157 Å². The van der Waals surface area contributed by atoms with E-state index in [9.17, 15) is 9.59 Å². The van der Waals surface area contributed by atoms with Gasteiger partial charge in [0.2, 0.25) is 5.78 Å². The Morgan fingerprint density at radius 1 is 1.15 bits per heavy atom. The van der Waals surface area contributed by atoms with Crippen molar-refractivity contribution in [1.29, 1.82) is 0 Å². The molecule has 0 spiro atoms. The summed E-state index contributed by atoms with van der Waals surface area (Å²) >= 11 is 0. The number of hydrogen-bond acceptors (Lipinski definition) is 5. The molecule has 0 saturated carbocycles. The van der Waals surface area contributed by atoms with Crippen LogP contribution < -0.4 is 0 Å². The van der Waals surface area contributed by atoms with Gasteiger partial charge in [-0.15, -0.1) is 0 Å². The summed E-state index contributed by atoms with van der Waals surface area (Å²) in [5, 5.41) is 4.04. The number of ether oxygens (including phenoxy) is 1. The van der Waals surface area contributed by atoms with Crippen molar-refractivity contribution in [3.63, 3.8) is 0 Å². The molecule has 27 heavy (non-hydrogen) atoms. The molecule has 7 heteroatoms. The summed E-state index contributed by atoms with van der Waals surface area (Å²) in [4.78, 5) is 28.5. The van der Waals surface area contributed by atoms with Crippen molar-refractivity contribution in [2.45, 2.75) is 33.9 Å². The van der Waals surface area contributed by atoms with Crippen molar-refractivity contribution in [1.82, 2.24) is 19.3 Å². The third-order valence-corrected chi connectivity index (χ3v) is 4.53. The van der Waals surface area contributed by atoms with Crippen LogP contribution in [0.5, 0.6) is 0 Å². The molecule has 0 saturated heterocycles. The fourth-order valence-corrected chi connectivity index (χ4v) is 3.11. The maximum absolute atomic E-state index is 12.4. The molecule has 3 rings (SSSR count). The van der Waals surface area contributed by atoms with Crippen LogP contribution in [-0.2, 0) is 17.8 Å². The molecule has 0 N–H and O–H groups in total. The highest BCUT2D eigenvalue weighted by molar-refractivity contribution is 6.00. The van der Waals surface area contributed by atoms with Gasteiger partial charge in [-0.2, -0.15) is 5.10 Å². The van der Waals surface area contributed by atoms with Gasteiger partial charge >= 0.3 is 5.97 Å². The number of nitrogens with zero attached hydrogens (tertiary/aromatic N) is 4. The van der Waals surface area contributed by atoms with E-state index in [4.69, 9.17) is 4.74 Å². The Hall–Kier alpha value is -3.22. The molecule has 1 aromatic carbocycles. The molecule has 0 aliphatic carbocycles. The summed E-state index contributed by atoms with van der Waals surface area (Å²) in [5.41, 5.74) is 3.91. The van der Waals surface area contributed by atoms with Crippen molar-refractivity contribution in [3.8, 4) is 0 Å². The molecule has 0 bridgehead atoms. The molecule has 3 aromatic rings. The van der Waals surface area contributed by atoms with Crippen molar-refractivity contribution >= 4 is 11.8 Å². The minimum Gasteiger partial charge on any atom is -0.454 e. The lowest BCUT2D eigenvalue weighted by Gasteiger charge is -2.07. The Bertz CT molecular complexity index is 941. The molecular formula is C20H22N4O3.